The Labute approximate surface area is 180 Å². The zero-order valence-corrected chi connectivity index (χ0v) is 17.8. The van der Waals surface area contributed by atoms with E-state index in [9.17, 15) is 10.4 Å². The van der Waals surface area contributed by atoms with Crippen molar-refractivity contribution in [1.29, 1.82) is 5.26 Å². The first-order valence-electron chi connectivity index (χ1n) is 8.58. The molecule has 2 aromatic carbocycles. The number of thioether (sulfide) groups is 1. The van der Waals surface area contributed by atoms with Crippen molar-refractivity contribution >= 4 is 56.3 Å². The van der Waals surface area contributed by atoms with Crippen LogP contribution >= 0.6 is 34.4 Å². The number of methoxy groups -OCH3 is 1. The van der Waals surface area contributed by atoms with Crippen molar-refractivity contribution in [2.24, 2.45) is 0 Å². The van der Waals surface area contributed by atoms with E-state index in [4.69, 9.17) is 4.74 Å². The number of ether oxygens (including phenoxy) is 1. The molecule has 0 aliphatic carbocycles. The van der Waals surface area contributed by atoms with Crippen LogP contribution in [0.5, 0.6) is 11.5 Å². The summed E-state index contributed by atoms with van der Waals surface area (Å²) < 4.78 is 7.31. The standard InChI is InChI=1S/C21H15N3O2S3/c1-26-18-9-13(6-7-17(18)25)8-14(10-22)20-23-15(11-27-20)12-28-21-24-16-4-2-3-5-19(16)29-21/h2-9,11,25H,12H2,1H3/b14-8-. The molecule has 29 heavy (non-hydrogen) atoms. The molecule has 0 aliphatic rings. The van der Waals surface area contributed by atoms with Crippen molar-refractivity contribution in [3.63, 3.8) is 0 Å². The van der Waals surface area contributed by atoms with Crippen LogP contribution in [0, 0.1) is 11.3 Å². The second kappa shape index (κ2) is 8.66. The predicted molar refractivity (Wildman–Crippen MR) is 119 cm³/mol. The Bertz CT molecular complexity index is 1200. The van der Waals surface area contributed by atoms with Gasteiger partial charge < -0.3 is 9.84 Å². The van der Waals surface area contributed by atoms with Gasteiger partial charge in [0.2, 0.25) is 0 Å². The predicted octanol–water partition coefficient (Wildman–Crippen LogP) is 5.82. The molecule has 0 aliphatic heterocycles. The first-order chi connectivity index (χ1) is 14.2. The van der Waals surface area contributed by atoms with Gasteiger partial charge in [-0.2, -0.15) is 5.26 Å². The van der Waals surface area contributed by atoms with E-state index >= 15 is 0 Å². The number of para-hydroxylation sites is 1. The molecule has 0 atom stereocenters. The Hall–Kier alpha value is -2.86. The molecule has 0 amide bonds. The van der Waals surface area contributed by atoms with Crippen molar-refractivity contribution in [3.8, 4) is 17.6 Å². The second-order valence-corrected chi connectivity index (χ2v) is 9.09. The Morgan fingerprint density at radius 3 is 2.93 bits per heavy atom. The number of hydrogen-bond acceptors (Lipinski definition) is 8. The number of benzene rings is 2. The minimum atomic E-state index is 0.0616. The van der Waals surface area contributed by atoms with Crippen molar-refractivity contribution < 1.29 is 9.84 Å². The highest BCUT2D eigenvalue weighted by Crippen LogP contribution is 2.33. The topological polar surface area (TPSA) is 79.0 Å². The summed E-state index contributed by atoms with van der Waals surface area (Å²) in [6.07, 6.45) is 1.74. The summed E-state index contributed by atoms with van der Waals surface area (Å²) in [7, 11) is 1.49. The molecule has 4 aromatic rings. The maximum absolute atomic E-state index is 9.72. The van der Waals surface area contributed by atoms with Crippen LogP contribution < -0.4 is 4.74 Å². The average molecular weight is 438 g/mol. The Morgan fingerprint density at radius 1 is 1.28 bits per heavy atom. The fourth-order valence-electron chi connectivity index (χ4n) is 2.64. The largest absolute Gasteiger partial charge is 0.504 e. The number of nitriles is 1. The highest BCUT2D eigenvalue weighted by molar-refractivity contribution is 8.00. The van der Waals surface area contributed by atoms with Gasteiger partial charge >= 0.3 is 0 Å². The van der Waals surface area contributed by atoms with Crippen molar-refractivity contribution in [3.05, 3.63) is 64.1 Å². The molecular formula is C21H15N3O2S3. The van der Waals surface area contributed by atoms with Gasteiger partial charge in [0.15, 0.2) is 15.8 Å². The minimum Gasteiger partial charge on any atom is -0.504 e. The van der Waals surface area contributed by atoms with Gasteiger partial charge in [0.1, 0.15) is 11.1 Å². The molecule has 0 radical (unpaired) electrons. The van der Waals surface area contributed by atoms with Crippen LogP contribution in [0.4, 0.5) is 0 Å². The molecule has 5 nitrogen and oxygen atoms in total. The zero-order chi connectivity index (χ0) is 20.2. The van der Waals surface area contributed by atoms with Gasteiger partial charge in [0.25, 0.3) is 0 Å². The lowest BCUT2D eigenvalue weighted by Gasteiger charge is -2.04. The van der Waals surface area contributed by atoms with Gasteiger partial charge in [0, 0.05) is 11.1 Å². The van der Waals surface area contributed by atoms with Crippen LogP contribution in [-0.2, 0) is 5.75 Å². The summed E-state index contributed by atoms with van der Waals surface area (Å²) in [5, 5.41) is 21.9. The molecule has 0 saturated heterocycles. The average Bonchev–Trinajstić information content (AvgIpc) is 3.38. The number of phenolic OH excluding ortho intramolecular Hbond substituents is 1. The van der Waals surface area contributed by atoms with Crippen LogP contribution in [0.2, 0.25) is 0 Å². The van der Waals surface area contributed by atoms with E-state index in [-0.39, 0.29) is 5.75 Å². The zero-order valence-electron chi connectivity index (χ0n) is 15.3. The number of nitrogens with zero attached hydrogens (tertiary/aromatic N) is 3. The Balaban J connectivity index is 1.50. The molecular weight excluding hydrogens is 422 g/mol. The van der Waals surface area contributed by atoms with E-state index in [0.29, 0.717) is 22.1 Å². The number of allylic oxidation sites excluding steroid dienone is 1. The van der Waals surface area contributed by atoms with Gasteiger partial charge in [0.05, 0.1) is 28.6 Å². The molecule has 2 aromatic heterocycles. The lowest BCUT2D eigenvalue weighted by atomic mass is 10.1. The van der Waals surface area contributed by atoms with Gasteiger partial charge in [-0.3, -0.25) is 0 Å². The van der Waals surface area contributed by atoms with Crippen LogP contribution in [0.25, 0.3) is 21.9 Å². The van der Waals surface area contributed by atoms with E-state index in [0.717, 1.165) is 21.1 Å². The Kier molecular flexibility index (Phi) is 5.81. The third-order valence-corrected chi connectivity index (χ3v) is 7.17. The normalized spacial score (nSPS) is 11.5. The maximum Gasteiger partial charge on any atom is 0.161 e. The highest BCUT2D eigenvalue weighted by Gasteiger charge is 2.11. The van der Waals surface area contributed by atoms with Gasteiger partial charge in [-0.15, -0.1) is 22.7 Å². The Morgan fingerprint density at radius 2 is 2.14 bits per heavy atom. The summed E-state index contributed by atoms with van der Waals surface area (Å²) in [5.41, 5.74) is 3.16. The van der Waals surface area contributed by atoms with E-state index < -0.39 is 0 Å². The minimum absolute atomic E-state index is 0.0616. The third-order valence-electron chi connectivity index (χ3n) is 4.04. The number of fused-ring (bicyclic) bond motifs is 1. The number of phenols is 1. The molecule has 2 heterocycles. The maximum atomic E-state index is 9.72. The van der Waals surface area contributed by atoms with E-state index in [2.05, 4.69) is 22.1 Å². The quantitative estimate of drug-likeness (QED) is 0.302. The van der Waals surface area contributed by atoms with Crippen molar-refractivity contribution in [1.82, 2.24) is 9.97 Å². The second-order valence-electron chi connectivity index (χ2n) is 5.98. The van der Waals surface area contributed by atoms with Crippen LogP contribution in [0.3, 0.4) is 0 Å². The first-order valence-corrected chi connectivity index (χ1v) is 11.3. The smallest absolute Gasteiger partial charge is 0.161 e. The molecule has 4 rings (SSSR count). The fourth-order valence-corrected chi connectivity index (χ4v) is 5.49. The number of aromatic hydroxyl groups is 1. The van der Waals surface area contributed by atoms with Gasteiger partial charge in [-0.05, 0) is 35.9 Å². The molecule has 0 bridgehead atoms. The molecule has 0 spiro atoms. The van der Waals surface area contributed by atoms with Gasteiger partial charge in [-0.1, -0.05) is 30.0 Å². The lowest BCUT2D eigenvalue weighted by Crippen LogP contribution is -1.86. The van der Waals surface area contributed by atoms with Crippen molar-refractivity contribution in [2.75, 3.05) is 7.11 Å². The van der Waals surface area contributed by atoms with Crippen LogP contribution in [0.1, 0.15) is 16.3 Å². The monoisotopic (exact) mass is 437 g/mol. The lowest BCUT2D eigenvalue weighted by molar-refractivity contribution is 0.373. The summed E-state index contributed by atoms with van der Waals surface area (Å²) in [4.78, 5) is 9.24. The summed E-state index contributed by atoms with van der Waals surface area (Å²) >= 11 is 4.76. The van der Waals surface area contributed by atoms with Crippen molar-refractivity contribution in [2.45, 2.75) is 10.1 Å². The molecule has 0 unspecified atom stereocenters. The number of rotatable bonds is 6. The van der Waals surface area contributed by atoms with E-state index in [1.807, 2.05) is 23.6 Å². The summed E-state index contributed by atoms with van der Waals surface area (Å²) in [6.45, 7) is 0. The first kappa shape index (κ1) is 19.5. The third kappa shape index (κ3) is 4.43. The van der Waals surface area contributed by atoms with Gasteiger partial charge in [-0.25, -0.2) is 9.97 Å². The number of aromatic nitrogens is 2. The highest BCUT2D eigenvalue weighted by atomic mass is 32.2. The van der Waals surface area contributed by atoms with Crippen LogP contribution in [0.15, 0.2) is 52.2 Å². The van der Waals surface area contributed by atoms with E-state index in [1.54, 1.807) is 47.4 Å². The molecule has 0 fully saturated rings. The summed E-state index contributed by atoms with van der Waals surface area (Å²) in [5.74, 6) is 1.12. The van der Waals surface area contributed by atoms with Crippen LogP contribution in [-0.4, -0.2) is 22.2 Å². The molecule has 144 valence electrons. The SMILES string of the molecule is COc1cc(/C=C(/C#N)c2nc(CSc3nc4ccccc4s3)cs2)ccc1O. The summed E-state index contributed by atoms with van der Waals surface area (Å²) in [6, 6.07) is 15.3. The molecule has 0 saturated carbocycles. The molecule has 8 heteroatoms. The number of thiazole rings is 2. The van der Waals surface area contributed by atoms with E-state index in [1.165, 1.54) is 23.1 Å². The fraction of sp³-hybridized carbons (Fsp3) is 0.0952. The molecule has 1 N–H and O–H groups in total. The number of hydrogen-bond donors (Lipinski definition) is 1.